The molecule has 7 heteroatoms. The fourth-order valence-electron chi connectivity index (χ4n) is 3.64. The third kappa shape index (κ3) is 3.42. The molecular weight excluding hydrogens is 324 g/mol. The first-order chi connectivity index (χ1) is 12.1. The summed E-state index contributed by atoms with van der Waals surface area (Å²) in [7, 11) is 0. The Morgan fingerprint density at radius 3 is 2.68 bits per heavy atom. The molecule has 1 aromatic carbocycles. The molecule has 3 aliphatic heterocycles. The minimum Gasteiger partial charge on any atom is -0.492 e. The van der Waals surface area contributed by atoms with Crippen molar-refractivity contribution in [3.05, 3.63) is 29.8 Å². The first kappa shape index (κ1) is 16.2. The Morgan fingerprint density at radius 2 is 1.92 bits per heavy atom. The predicted octanol–water partition coefficient (Wildman–Crippen LogP) is 1.41. The summed E-state index contributed by atoms with van der Waals surface area (Å²) in [6.45, 7) is 3.89. The highest BCUT2D eigenvalue weighted by molar-refractivity contribution is 5.78. The molecule has 0 atom stereocenters. The van der Waals surface area contributed by atoms with Crippen molar-refractivity contribution >= 4 is 12.1 Å². The fraction of sp³-hybridized carbons (Fsp3) is 0.556. The Bertz CT molecular complexity index is 669. The number of likely N-dealkylation sites (tertiary alicyclic amines) is 1. The van der Waals surface area contributed by atoms with Gasteiger partial charge >= 0.3 is 6.16 Å². The van der Waals surface area contributed by atoms with Gasteiger partial charge in [-0.25, -0.2) is 4.79 Å². The van der Waals surface area contributed by atoms with Crippen molar-refractivity contribution in [2.24, 2.45) is 0 Å². The molecule has 7 nitrogen and oxygen atoms in total. The van der Waals surface area contributed by atoms with E-state index in [1.807, 2.05) is 29.2 Å². The van der Waals surface area contributed by atoms with Crippen LogP contribution in [0, 0.1) is 0 Å². The zero-order chi connectivity index (χ0) is 17.3. The van der Waals surface area contributed by atoms with Crippen molar-refractivity contribution in [2.45, 2.75) is 25.0 Å². The quantitative estimate of drug-likeness (QED) is 0.754. The first-order valence-electron chi connectivity index (χ1n) is 8.70. The zero-order valence-electron chi connectivity index (χ0n) is 14.1. The highest BCUT2D eigenvalue weighted by Crippen LogP contribution is 2.31. The molecule has 134 valence electrons. The van der Waals surface area contributed by atoms with Crippen LogP contribution < -0.4 is 4.74 Å². The van der Waals surface area contributed by atoms with Crippen LogP contribution in [0.5, 0.6) is 5.75 Å². The van der Waals surface area contributed by atoms with Gasteiger partial charge in [-0.1, -0.05) is 18.2 Å². The number of amides is 1. The van der Waals surface area contributed by atoms with E-state index in [9.17, 15) is 9.59 Å². The van der Waals surface area contributed by atoms with Gasteiger partial charge in [-0.05, 0) is 6.07 Å². The van der Waals surface area contributed by atoms with E-state index in [0.717, 1.165) is 17.9 Å². The van der Waals surface area contributed by atoms with Gasteiger partial charge in [0.1, 0.15) is 19.0 Å². The molecular formula is C18H22N2O5. The molecule has 0 saturated carbocycles. The molecule has 4 rings (SSSR count). The van der Waals surface area contributed by atoms with Crippen LogP contribution >= 0.6 is 0 Å². The van der Waals surface area contributed by atoms with Gasteiger partial charge in [0.2, 0.25) is 5.91 Å². The molecule has 0 radical (unpaired) electrons. The number of nitrogens with zero attached hydrogens (tertiary/aromatic N) is 2. The van der Waals surface area contributed by atoms with Gasteiger partial charge in [-0.2, -0.15) is 0 Å². The van der Waals surface area contributed by atoms with Crippen LogP contribution in [-0.4, -0.2) is 66.9 Å². The lowest BCUT2D eigenvalue weighted by Crippen LogP contribution is -2.50. The topological polar surface area (TPSA) is 68.3 Å². The molecule has 1 amide bonds. The summed E-state index contributed by atoms with van der Waals surface area (Å²) in [5.74, 6) is 1.01. The summed E-state index contributed by atoms with van der Waals surface area (Å²) < 4.78 is 16.0. The lowest BCUT2D eigenvalue weighted by atomic mass is 9.92. The maximum absolute atomic E-state index is 12.7. The average Bonchev–Trinajstić information content (AvgIpc) is 2.85. The molecule has 0 unspecified atom stereocenters. The number of piperidine rings is 1. The van der Waals surface area contributed by atoms with E-state index in [1.54, 1.807) is 0 Å². The van der Waals surface area contributed by atoms with Crippen LogP contribution in [0.2, 0.25) is 0 Å². The smallest absolute Gasteiger partial charge is 0.492 e. The summed E-state index contributed by atoms with van der Waals surface area (Å²) >= 11 is 0. The SMILES string of the molecule is O=C1OCC2(CCN(C(=O)CN3CCOc4ccccc4C3)CC2)O1. The molecule has 3 heterocycles. The van der Waals surface area contributed by atoms with Crippen LogP contribution in [0.25, 0.3) is 0 Å². The third-order valence-corrected chi connectivity index (χ3v) is 5.17. The van der Waals surface area contributed by atoms with Crippen LogP contribution in [0.15, 0.2) is 24.3 Å². The van der Waals surface area contributed by atoms with E-state index >= 15 is 0 Å². The van der Waals surface area contributed by atoms with Gasteiger partial charge < -0.3 is 19.1 Å². The highest BCUT2D eigenvalue weighted by Gasteiger charge is 2.45. The normalized spacial score (nSPS) is 22.6. The Labute approximate surface area is 146 Å². The zero-order valence-corrected chi connectivity index (χ0v) is 14.1. The van der Waals surface area contributed by atoms with Gasteiger partial charge in [-0.3, -0.25) is 9.69 Å². The van der Waals surface area contributed by atoms with E-state index in [1.165, 1.54) is 0 Å². The molecule has 1 aromatic rings. The summed E-state index contributed by atoms with van der Waals surface area (Å²) in [6.07, 6.45) is 0.676. The highest BCUT2D eigenvalue weighted by atomic mass is 16.8. The maximum atomic E-state index is 12.7. The lowest BCUT2D eigenvalue weighted by molar-refractivity contribution is -0.136. The molecule has 2 fully saturated rings. The second-order valence-corrected chi connectivity index (χ2v) is 6.87. The number of fused-ring (bicyclic) bond motifs is 1. The second kappa shape index (κ2) is 6.55. The van der Waals surface area contributed by atoms with Crippen molar-refractivity contribution < 1.29 is 23.8 Å². The number of cyclic esters (lactones) is 1. The van der Waals surface area contributed by atoms with Crippen LogP contribution in [-0.2, 0) is 20.8 Å². The largest absolute Gasteiger partial charge is 0.509 e. The molecule has 1 spiro atoms. The predicted molar refractivity (Wildman–Crippen MR) is 88.2 cm³/mol. The average molecular weight is 346 g/mol. The minimum absolute atomic E-state index is 0.111. The van der Waals surface area contributed by atoms with E-state index in [0.29, 0.717) is 52.2 Å². The number of hydrogen-bond donors (Lipinski definition) is 0. The van der Waals surface area contributed by atoms with Crippen molar-refractivity contribution in [2.75, 3.05) is 39.4 Å². The van der Waals surface area contributed by atoms with Gasteiger partial charge in [0.25, 0.3) is 0 Å². The van der Waals surface area contributed by atoms with Gasteiger partial charge in [0, 0.05) is 44.6 Å². The Balaban J connectivity index is 1.33. The lowest BCUT2D eigenvalue weighted by Gasteiger charge is -2.37. The molecule has 0 aromatic heterocycles. The van der Waals surface area contributed by atoms with Crippen molar-refractivity contribution in [3.8, 4) is 5.75 Å². The Kier molecular flexibility index (Phi) is 4.25. The number of carbonyl (C=O) groups is 2. The molecule has 3 aliphatic rings. The minimum atomic E-state index is -0.594. The number of benzene rings is 1. The Hall–Kier alpha value is -2.28. The monoisotopic (exact) mass is 346 g/mol. The van der Waals surface area contributed by atoms with Crippen molar-refractivity contribution in [1.29, 1.82) is 0 Å². The first-order valence-corrected chi connectivity index (χ1v) is 8.70. The molecule has 0 N–H and O–H groups in total. The van der Waals surface area contributed by atoms with Gasteiger partial charge in [-0.15, -0.1) is 0 Å². The number of carbonyl (C=O) groups excluding carboxylic acids is 2. The summed E-state index contributed by atoms with van der Waals surface area (Å²) in [5.41, 5.74) is 0.587. The maximum Gasteiger partial charge on any atom is 0.509 e. The van der Waals surface area contributed by atoms with Crippen molar-refractivity contribution in [1.82, 2.24) is 9.80 Å². The number of hydrogen-bond acceptors (Lipinski definition) is 6. The van der Waals surface area contributed by atoms with Crippen LogP contribution in [0.3, 0.4) is 0 Å². The molecule has 0 bridgehead atoms. The van der Waals surface area contributed by atoms with Crippen molar-refractivity contribution in [3.63, 3.8) is 0 Å². The Morgan fingerprint density at radius 1 is 1.12 bits per heavy atom. The number of ether oxygens (including phenoxy) is 3. The standard InChI is InChI=1S/C18H22N2O5/c21-16(20-7-5-18(6-8-20)13-24-17(22)25-18)12-19-9-10-23-15-4-2-1-3-14(15)11-19/h1-4H,5-13H2. The number of rotatable bonds is 2. The summed E-state index contributed by atoms with van der Waals surface area (Å²) in [5, 5.41) is 0. The van der Waals surface area contributed by atoms with Gasteiger partial charge in [0.05, 0.1) is 6.54 Å². The van der Waals surface area contributed by atoms with Crippen LogP contribution in [0.4, 0.5) is 4.79 Å². The van der Waals surface area contributed by atoms with Gasteiger partial charge in [0.15, 0.2) is 5.60 Å². The summed E-state index contributed by atoms with van der Waals surface area (Å²) in [4.78, 5) is 27.8. The van der Waals surface area contributed by atoms with E-state index in [4.69, 9.17) is 14.2 Å². The second-order valence-electron chi connectivity index (χ2n) is 6.87. The summed E-state index contributed by atoms with van der Waals surface area (Å²) in [6, 6.07) is 7.96. The molecule has 0 aliphatic carbocycles. The third-order valence-electron chi connectivity index (χ3n) is 5.17. The molecule has 25 heavy (non-hydrogen) atoms. The van der Waals surface area contributed by atoms with E-state index in [2.05, 4.69) is 4.90 Å². The molecule has 2 saturated heterocycles. The van der Waals surface area contributed by atoms with E-state index in [-0.39, 0.29) is 5.91 Å². The van der Waals surface area contributed by atoms with E-state index < -0.39 is 11.8 Å². The number of para-hydroxylation sites is 1. The van der Waals surface area contributed by atoms with Crippen LogP contribution in [0.1, 0.15) is 18.4 Å². The fourth-order valence-corrected chi connectivity index (χ4v) is 3.64.